The Balaban J connectivity index is 4.06. The molecule has 6 heteroatoms. The Hall–Kier alpha value is 0.0700. The maximum Gasteiger partial charge on any atom is 0.344 e. The highest BCUT2D eigenvalue weighted by Crippen LogP contribution is 2.47. The first-order valence-corrected chi connectivity index (χ1v) is 5.48. The molecule has 0 saturated carbocycles. The molecule has 0 aliphatic rings. The van der Waals surface area contributed by atoms with Crippen LogP contribution in [0.5, 0.6) is 0 Å². The van der Waals surface area contributed by atoms with E-state index in [2.05, 4.69) is 9.84 Å². The maximum absolute atomic E-state index is 11.3. The van der Waals surface area contributed by atoms with Gasteiger partial charge in [0.1, 0.15) is 5.78 Å². The summed E-state index contributed by atoms with van der Waals surface area (Å²) >= 11 is 0. The van der Waals surface area contributed by atoms with E-state index in [0.29, 0.717) is 6.42 Å². The SMILES string of the molecule is CCC(NC)P(=O)(O)OCCO. The summed E-state index contributed by atoms with van der Waals surface area (Å²) in [6, 6.07) is 0. The van der Waals surface area contributed by atoms with E-state index < -0.39 is 13.4 Å². The van der Waals surface area contributed by atoms with Gasteiger partial charge in [0.05, 0.1) is 13.2 Å². The van der Waals surface area contributed by atoms with Gasteiger partial charge in [-0.25, -0.2) is 0 Å². The predicted molar refractivity (Wildman–Crippen MR) is 46.0 cm³/mol. The van der Waals surface area contributed by atoms with E-state index in [1.54, 1.807) is 14.0 Å². The summed E-state index contributed by atoms with van der Waals surface area (Å²) in [6.07, 6.45) is 0.510. The van der Waals surface area contributed by atoms with Crippen molar-refractivity contribution in [2.24, 2.45) is 0 Å². The highest BCUT2D eigenvalue weighted by atomic mass is 31.2. The van der Waals surface area contributed by atoms with E-state index in [9.17, 15) is 9.46 Å². The Bertz CT molecular complexity index is 160. The molecule has 0 radical (unpaired) electrons. The number of aliphatic hydroxyl groups is 1. The van der Waals surface area contributed by atoms with Crippen molar-refractivity contribution in [1.82, 2.24) is 5.32 Å². The van der Waals surface area contributed by atoms with Gasteiger partial charge < -0.3 is 19.8 Å². The van der Waals surface area contributed by atoms with Crippen LogP contribution in [0.3, 0.4) is 0 Å². The second-order valence-electron chi connectivity index (χ2n) is 2.33. The van der Waals surface area contributed by atoms with Crippen LogP contribution in [0, 0.1) is 0 Å². The van der Waals surface area contributed by atoms with Crippen LogP contribution < -0.4 is 5.32 Å². The summed E-state index contributed by atoms with van der Waals surface area (Å²) in [4.78, 5) is 9.27. The van der Waals surface area contributed by atoms with Crippen molar-refractivity contribution in [2.45, 2.75) is 19.1 Å². The van der Waals surface area contributed by atoms with E-state index in [1.807, 2.05) is 0 Å². The van der Waals surface area contributed by atoms with E-state index in [-0.39, 0.29) is 13.2 Å². The third-order valence-electron chi connectivity index (χ3n) is 1.48. The fourth-order valence-corrected chi connectivity index (χ4v) is 2.17. The van der Waals surface area contributed by atoms with Crippen LogP contribution in [0.2, 0.25) is 0 Å². The van der Waals surface area contributed by atoms with Gasteiger partial charge in [-0.3, -0.25) is 4.57 Å². The quantitative estimate of drug-likeness (QED) is 0.528. The summed E-state index contributed by atoms with van der Waals surface area (Å²) in [6.45, 7) is 1.43. The fourth-order valence-electron chi connectivity index (χ4n) is 0.860. The number of rotatable bonds is 6. The molecule has 0 aliphatic carbocycles. The molecule has 0 bridgehead atoms. The smallest absolute Gasteiger partial charge is 0.344 e. The predicted octanol–water partition coefficient (Wildman–Crippen LogP) is 0.136. The van der Waals surface area contributed by atoms with Gasteiger partial charge in [-0.05, 0) is 13.5 Å². The molecule has 0 aromatic carbocycles. The molecule has 0 saturated heterocycles. The first-order valence-electron chi connectivity index (χ1n) is 3.83. The zero-order chi connectivity index (χ0) is 9.61. The first-order chi connectivity index (χ1) is 5.58. The Morgan fingerprint density at radius 3 is 2.58 bits per heavy atom. The molecule has 0 aliphatic heterocycles. The lowest BCUT2D eigenvalue weighted by Crippen LogP contribution is -2.25. The summed E-state index contributed by atoms with van der Waals surface area (Å²) in [7, 11) is -1.99. The van der Waals surface area contributed by atoms with Crippen molar-refractivity contribution in [3.05, 3.63) is 0 Å². The molecule has 0 rings (SSSR count). The molecule has 0 spiro atoms. The zero-order valence-corrected chi connectivity index (χ0v) is 8.25. The second kappa shape index (κ2) is 5.67. The van der Waals surface area contributed by atoms with Crippen molar-refractivity contribution in [3.8, 4) is 0 Å². The lowest BCUT2D eigenvalue weighted by molar-refractivity contribution is 0.177. The average molecular weight is 197 g/mol. The van der Waals surface area contributed by atoms with Crippen molar-refractivity contribution in [1.29, 1.82) is 0 Å². The van der Waals surface area contributed by atoms with Crippen LogP contribution in [0.25, 0.3) is 0 Å². The number of aliphatic hydroxyl groups excluding tert-OH is 1. The van der Waals surface area contributed by atoms with Crippen LogP contribution in [-0.4, -0.2) is 36.0 Å². The molecule has 12 heavy (non-hydrogen) atoms. The molecule has 74 valence electrons. The minimum absolute atomic E-state index is 0.105. The lowest BCUT2D eigenvalue weighted by Gasteiger charge is -2.20. The van der Waals surface area contributed by atoms with Gasteiger partial charge in [0, 0.05) is 0 Å². The third kappa shape index (κ3) is 3.65. The monoisotopic (exact) mass is 197 g/mol. The van der Waals surface area contributed by atoms with Crippen LogP contribution in [0.15, 0.2) is 0 Å². The van der Waals surface area contributed by atoms with Gasteiger partial charge in [0.2, 0.25) is 0 Å². The molecule has 0 amide bonds. The largest absolute Gasteiger partial charge is 0.394 e. The van der Waals surface area contributed by atoms with Gasteiger partial charge in [0.15, 0.2) is 0 Å². The van der Waals surface area contributed by atoms with Crippen LogP contribution in [-0.2, 0) is 9.09 Å². The normalized spacial score (nSPS) is 18.7. The van der Waals surface area contributed by atoms with Crippen molar-refractivity contribution < 1.29 is 19.1 Å². The van der Waals surface area contributed by atoms with E-state index >= 15 is 0 Å². The summed E-state index contributed by atoms with van der Waals surface area (Å²) < 4.78 is 15.9. The number of nitrogens with one attached hydrogen (secondary N) is 1. The average Bonchev–Trinajstić information content (AvgIpc) is 2.03. The number of hydrogen-bond acceptors (Lipinski definition) is 4. The van der Waals surface area contributed by atoms with Crippen molar-refractivity contribution >= 4 is 7.60 Å². The minimum Gasteiger partial charge on any atom is -0.394 e. The molecule has 0 heterocycles. The summed E-state index contributed by atoms with van der Waals surface area (Å²) in [5.74, 6) is -0.552. The van der Waals surface area contributed by atoms with Crippen LogP contribution >= 0.6 is 7.60 Å². The zero-order valence-electron chi connectivity index (χ0n) is 7.36. The van der Waals surface area contributed by atoms with Crippen LogP contribution in [0.4, 0.5) is 0 Å². The van der Waals surface area contributed by atoms with Crippen molar-refractivity contribution in [3.63, 3.8) is 0 Å². The summed E-state index contributed by atoms with van der Waals surface area (Å²) in [5, 5.41) is 11.1. The molecule has 0 aromatic heterocycles. The van der Waals surface area contributed by atoms with E-state index in [0.717, 1.165) is 0 Å². The van der Waals surface area contributed by atoms with Crippen LogP contribution in [0.1, 0.15) is 13.3 Å². The molecular weight excluding hydrogens is 181 g/mol. The number of hydrogen-bond donors (Lipinski definition) is 3. The van der Waals surface area contributed by atoms with E-state index in [4.69, 9.17) is 5.11 Å². The highest BCUT2D eigenvalue weighted by Gasteiger charge is 2.29. The molecule has 2 atom stereocenters. The topological polar surface area (TPSA) is 78.8 Å². The summed E-state index contributed by atoms with van der Waals surface area (Å²) in [5.41, 5.74) is 0. The lowest BCUT2D eigenvalue weighted by atomic mass is 10.5. The standard InChI is InChI=1S/C6H16NO4P/c1-3-6(7-2)12(9,10)11-5-4-8/h6-8H,3-5H2,1-2H3,(H,9,10). The highest BCUT2D eigenvalue weighted by molar-refractivity contribution is 7.53. The molecule has 0 aromatic rings. The Morgan fingerprint density at radius 2 is 2.25 bits per heavy atom. The molecule has 2 unspecified atom stereocenters. The fraction of sp³-hybridized carbons (Fsp3) is 1.00. The van der Waals surface area contributed by atoms with E-state index in [1.165, 1.54) is 0 Å². The van der Waals surface area contributed by atoms with Crippen molar-refractivity contribution in [2.75, 3.05) is 20.3 Å². The first kappa shape index (κ1) is 12.1. The second-order valence-corrected chi connectivity index (χ2v) is 4.34. The maximum atomic E-state index is 11.3. The minimum atomic E-state index is -3.59. The molecular formula is C6H16NO4P. The third-order valence-corrected chi connectivity index (χ3v) is 3.44. The van der Waals surface area contributed by atoms with Gasteiger partial charge in [-0.1, -0.05) is 6.92 Å². The van der Waals surface area contributed by atoms with Gasteiger partial charge >= 0.3 is 7.60 Å². The van der Waals surface area contributed by atoms with Gasteiger partial charge in [-0.15, -0.1) is 0 Å². The Kier molecular flexibility index (Phi) is 5.70. The molecule has 5 nitrogen and oxygen atoms in total. The molecule has 0 fully saturated rings. The Morgan fingerprint density at radius 1 is 1.67 bits per heavy atom. The Labute approximate surface area is 72.3 Å². The molecule has 3 N–H and O–H groups in total. The van der Waals surface area contributed by atoms with Gasteiger partial charge in [-0.2, -0.15) is 0 Å². The van der Waals surface area contributed by atoms with Gasteiger partial charge in [0.25, 0.3) is 0 Å².